The maximum Gasteiger partial charge on any atom is 0.243 e. The number of amides is 2. The van der Waals surface area contributed by atoms with Crippen molar-refractivity contribution in [1.29, 1.82) is 0 Å². The maximum atomic E-state index is 13.3. The topological polar surface area (TPSA) is 84.7 Å². The van der Waals surface area contributed by atoms with Crippen LogP contribution in [0, 0.1) is 5.82 Å². The molecule has 154 valence electrons. The number of carbonyl (C=O) groups is 2. The molecule has 0 fully saturated rings. The SMILES string of the molecule is NC(=O)CCN(CC(=O)Nc1ccccc1Oc1ccccc1)c1ccc(F)cc1. The normalized spacial score (nSPS) is 10.3. The molecule has 0 aromatic heterocycles. The predicted octanol–water partition coefficient (Wildman–Crippen LogP) is 3.94. The molecular formula is C23H22FN3O3. The van der Waals surface area contributed by atoms with E-state index in [1.807, 2.05) is 36.4 Å². The van der Waals surface area contributed by atoms with E-state index in [9.17, 15) is 14.0 Å². The van der Waals surface area contributed by atoms with Crippen LogP contribution >= 0.6 is 0 Å². The van der Waals surface area contributed by atoms with Crippen molar-refractivity contribution in [3.8, 4) is 11.5 Å². The third kappa shape index (κ3) is 6.07. The van der Waals surface area contributed by atoms with Crippen LogP contribution in [0.15, 0.2) is 78.9 Å². The van der Waals surface area contributed by atoms with Crippen LogP contribution in [0.3, 0.4) is 0 Å². The Morgan fingerprint density at radius 3 is 2.30 bits per heavy atom. The van der Waals surface area contributed by atoms with Crippen LogP contribution in [0.5, 0.6) is 11.5 Å². The van der Waals surface area contributed by atoms with E-state index in [0.29, 0.717) is 22.9 Å². The summed E-state index contributed by atoms with van der Waals surface area (Å²) < 4.78 is 19.1. The molecule has 3 rings (SSSR count). The van der Waals surface area contributed by atoms with Crippen molar-refractivity contribution >= 4 is 23.2 Å². The molecule has 0 radical (unpaired) electrons. The van der Waals surface area contributed by atoms with Gasteiger partial charge in [-0.15, -0.1) is 0 Å². The largest absolute Gasteiger partial charge is 0.455 e. The number of anilines is 2. The van der Waals surface area contributed by atoms with Gasteiger partial charge in [-0.2, -0.15) is 0 Å². The summed E-state index contributed by atoms with van der Waals surface area (Å²) in [4.78, 5) is 25.6. The average molecular weight is 407 g/mol. The molecule has 0 heterocycles. The number of para-hydroxylation sites is 3. The minimum Gasteiger partial charge on any atom is -0.455 e. The molecule has 0 bridgehead atoms. The van der Waals surface area contributed by atoms with Crippen molar-refractivity contribution in [1.82, 2.24) is 0 Å². The van der Waals surface area contributed by atoms with Gasteiger partial charge in [-0.1, -0.05) is 30.3 Å². The number of carbonyl (C=O) groups excluding carboxylic acids is 2. The van der Waals surface area contributed by atoms with Gasteiger partial charge in [0.05, 0.1) is 12.2 Å². The van der Waals surface area contributed by atoms with Crippen LogP contribution in [0.1, 0.15) is 6.42 Å². The van der Waals surface area contributed by atoms with E-state index in [1.165, 1.54) is 12.1 Å². The Kier molecular flexibility index (Phi) is 7.00. The number of nitrogens with one attached hydrogen (secondary N) is 1. The molecule has 6 nitrogen and oxygen atoms in total. The molecule has 0 saturated heterocycles. The van der Waals surface area contributed by atoms with Crippen LogP contribution in [0.4, 0.5) is 15.8 Å². The number of primary amides is 1. The number of halogens is 1. The monoisotopic (exact) mass is 407 g/mol. The highest BCUT2D eigenvalue weighted by atomic mass is 19.1. The lowest BCUT2D eigenvalue weighted by atomic mass is 10.2. The molecule has 3 N–H and O–H groups in total. The van der Waals surface area contributed by atoms with Gasteiger partial charge in [-0.25, -0.2) is 4.39 Å². The molecule has 2 amide bonds. The second-order valence-electron chi connectivity index (χ2n) is 6.57. The van der Waals surface area contributed by atoms with E-state index >= 15 is 0 Å². The van der Waals surface area contributed by atoms with Gasteiger partial charge in [-0.3, -0.25) is 9.59 Å². The first-order valence-electron chi connectivity index (χ1n) is 9.42. The lowest BCUT2D eigenvalue weighted by Gasteiger charge is -2.24. The Balaban J connectivity index is 1.72. The summed E-state index contributed by atoms with van der Waals surface area (Å²) in [6.07, 6.45) is 0.0678. The second-order valence-corrected chi connectivity index (χ2v) is 6.57. The smallest absolute Gasteiger partial charge is 0.243 e. The van der Waals surface area contributed by atoms with Gasteiger partial charge in [0.2, 0.25) is 11.8 Å². The zero-order valence-corrected chi connectivity index (χ0v) is 16.3. The fourth-order valence-corrected chi connectivity index (χ4v) is 2.83. The molecular weight excluding hydrogens is 385 g/mol. The lowest BCUT2D eigenvalue weighted by molar-refractivity contribution is -0.118. The first kappa shape index (κ1) is 20.9. The Labute approximate surface area is 174 Å². The zero-order valence-electron chi connectivity index (χ0n) is 16.3. The molecule has 7 heteroatoms. The average Bonchev–Trinajstić information content (AvgIpc) is 2.74. The number of nitrogens with two attached hydrogens (primary N) is 1. The second kappa shape index (κ2) is 10.1. The fourth-order valence-electron chi connectivity index (χ4n) is 2.83. The van der Waals surface area contributed by atoms with Gasteiger partial charge in [0.25, 0.3) is 0 Å². The van der Waals surface area contributed by atoms with E-state index in [1.54, 1.807) is 35.2 Å². The van der Waals surface area contributed by atoms with Gasteiger partial charge in [-0.05, 0) is 48.5 Å². The summed E-state index contributed by atoms with van der Waals surface area (Å²) in [5.41, 5.74) is 6.37. The summed E-state index contributed by atoms with van der Waals surface area (Å²) in [5, 5.41) is 2.83. The van der Waals surface area contributed by atoms with Gasteiger partial charge in [0.15, 0.2) is 5.75 Å². The molecule has 0 spiro atoms. The molecule has 3 aromatic rings. The first-order chi connectivity index (χ1) is 14.5. The summed E-state index contributed by atoms with van der Waals surface area (Å²) in [6, 6.07) is 22.0. The Morgan fingerprint density at radius 1 is 0.933 bits per heavy atom. The summed E-state index contributed by atoms with van der Waals surface area (Å²) in [6.45, 7) is 0.190. The highest BCUT2D eigenvalue weighted by molar-refractivity contribution is 5.95. The van der Waals surface area contributed by atoms with Crippen LogP contribution in [0.2, 0.25) is 0 Å². The fraction of sp³-hybridized carbons (Fsp3) is 0.130. The van der Waals surface area contributed by atoms with Crippen LogP contribution < -0.4 is 20.7 Å². The standard InChI is InChI=1S/C23H22FN3O3/c24-17-10-12-18(13-11-17)27(15-14-22(25)28)16-23(29)26-20-8-4-5-9-21(20)30-19-6-2-1-3-7-19/h1-13H,14-16H2,(H2,25,28)(H,26,29). The molecule has 0 aliphatic rings. The van der Waals surface area contributed by atoms with Gasteiger partial charge in [0.1, 0.15) is 11.6 Å². The molecule has 0 saturated carbocycles. The Morgan fingerprint density at radius 2 is 1.60 bits per heavy atom. The minimum absolute atomic E-state index is 0.0431. The highest BCUT2D eigenvalue weighted by Crippen LogP contribution is 2.29. The van der Waals surface area contributed by atoms with Crippen molar-refractivity contribution in [2.24, 2.45) is 5.73 Å². The van der Waals surface area contributed by atoms with E-state index in [-0.39, 0.29) is 31.2 Å². The van der Waals surface area contributed by atoms with E-state index in [0.717, 1.165) is 0 Å². The Hall–Kier alpha value is -3.87. The van der Waals surface area contributed by atoms with Gasteiger partial charge < -0.3 is 20.7 Å². The molecule has 0 atom stereocenters. The number of rotatable bonds is 9. The lowest BCUT2D eigenvalue weighted by Crippen LogP contribution is -2.35. The number of ether oxygens (including phenoxy) is 1. The quantitative estimate of drug-likeness (QED) is 0.563. The van der Waals surface area contributed by atoms with E-state index in [4.69, 9.17) is 10.5 Å². The summed E-state index contributed by atoms with van der Waals surface area (Å²) in [5.74, 6) is -0.0295. The van der Waals surface area contributed by atoms with Crippen LogP contribution in [-0.4, -0.2) is 24.9 Å². The molecule has 0 unspecified atom stereocenters. The molecule has 0 aliphatic heterocycles. The van der Waals surface area contributed by atoms with Crippen molar-refractivity contribution in [2.75, 3.05) is 23.3 Å². The number of hydrogen-bond acceptors (Lipinski definition) is 4. The minimum atomic E-state index is -0.482. The summed E-state index contributed by atoms with van der Waals surface area (Å²) in [7, 11) is 0. The van der Waals surface area contributed by atoms with Crippen LogP contribution in [-0.2, 0) is 9.59 Å². The van der Waals surface area contributed by atoms with Gasteiger partial charge >= 0.3 is 0 Å². The zero-order chi connectivity index (χ0) is 21.3. The molecule has 3 aromatic carbocycles. The molecule has 30 heavy (non-hydrogen) atoms. The third-order valence-electron chi connectivity index (χ3n) is 4.29. The van der Waals surface area contributed by atoms with Crippen molar-refractivity contribution in [3.05, 3.63) is 84.7 Å². The van der Waals surface area contributed by atoms with Crippen molar-refractivity contribution in [2.45, 2.75) is 6.42 Å². The number of benzene rings is 3. The molecule has 0 aliphatic carbocycles. The highest BCUT2D eigenvalue weighted by Gasteiger charge is 2.15. The third-order valence-corrected chi connectivity index (χ3v) is 4.29. The predicted molar refractivity (Wildman–Crippen MR) is 114 cm³/mol. The van der Waals surface area contributed by atoms with E-state index < -0.39 is 5.91 Å². The maximum absolute atomic E-state index is 13.3. The van der Waals surface area contributed by atoms with E-state index in [2.05, 4.69) is 5.32 Å². The van der Waals surface area contributed by atoms with Crippen LogP contribution in [0.25, 0.3) is 0 Å². The van der Waals surface area contributed by atoms with Crippen molar-refractivity contribution < 1.29 is 18.7 Å². The number of nitrogens with zero attached hydrogens (tertiary/aromatic N) is 1. The van der Waals surface area contributed by atoms with Gasteiger partial charge in [0, 0.05) is 18.7 Å². The first-order valence-corrected chi connectivity index (χ1v) is 9.42. The number of hydrogen-bond donors (Lipinski definition) is 2. The Bertz CT molecular complexity index is 994. The van der Waals surface area contributed by atoms with Crippen molar-refractivity contribution in [3.63, 3.8) is 0 Å². The summed E-state index contributed by atoms with van der Waals surface area (Å²) >= 11 is 0.